The van der Waals surface area contributed by atoms with Gasteiger partial charge in [0.15, 0.2) is 5.69 Å². The van der Waals surface area contributed by atoms with Crippen molar-refractivity contribution in [3.05, 3.63) is 50.2 Å². The van der Waals surface area contributed by atoms with Gasteiger partial charge in [-0.1, -0.05) is 0 Å². The van der Waals surface area contributed by atoms with E-state index < -0.39 is 16.7 Å². The van der Waals surface area contributed by atoms with Crippen LogP contribution in [0.1, 0.15) is 15.5 Å². The zero-order chi connectivity index (χ0) is 14.7. The predicted molar refractivity (Wildman–Crippen MR) is 69.5 cm³/mol. The lowest BCUT2D eigenvalue weighted by atomic mass is 10.2. The summed E-state index contributed by atoms with van der Waals surface area (Å²) < 4.78 is 13.2. The van der Waals surface area contributed by atoms with E-state index in [9.17, 15) is 19.3 Å². The van der Waals surface area contributed by atoms with Crippen molar-refractivity contribution >= 4 is 28.7 Å². The fraction of sp³-hybridized carbons (Fsp3) is 0.0909. The first-order valence-corrected chi connectivity index (χ1v) is 6.20. The summed E-state index contributed by atoms with van der Waals surface area (Å²) in [5.74, 6) is -1.86. The SMILES string of the molecule is O=C(O)c1csc(CNc2cc(F)cc([N+](=O)[O-])c2)n1. The Morgan fingerprint density at radius 2 is 2.25 bits per heavy atom. The molecular formula is C11H8FN3O4S. The van der Waals surface area contributed by atoms with Crippen LogP contribution in [0.15, 0.2) is 23.6 Å². The van der Waals surface area contributed by atoms with Gasteiger partial charge in [0.1, 0.15) is 10.8 Å². The minimum absolute atomic E-state index is 0.0722. The molecule has 2 aromatic rings. The Morgan fingerprint density at radius 3 is 2.85 bits per heavy atom. The molecule has 0 bridgehead atoms. The first-order valence-electron chi connectivity index (χ1n) is 5.32. The molecule has 1 aromatic carbocycles. The summed E-state index contributed by atoms with van der Waals surface area (Å²) in [5, 5.41) is 23.9. The van der Waals surface area contributed by atoms with Gasteiger partial charge in [-0.2, -0.15) is 0 Å². The number of nitro benzene ring substituents is 1. The van der Waals surface area contributed by atoms with Crippen molar-refractivity contribution in [1.29, 1.82) is 0 Å². The van der Waals surface area contributed by atoms with Crippen LogP contribution in [0.3, 0.4) is 0 Å². The second-order valence-electron chi connectivity index (χ2n) is 3.74. The number of non-ortho nitro benzene ring substituents is 1. The number of hydrogen-bond donors (Lipinski definition) is 2. The molecule has 0 aliphatic carbocycles. The van der Waals surface area contributed by atoms with Crippen molar-refractivity contribution in [2.75, 3.05) is 5.32 Å². The number of aromatic carboxylic acids is 1. The first kappa shape index (κ1) is 13.9. The van der Waals surface area contributed by atoms with E-state index in [4.69, 9.17) is 5.11 Å². The van der Waals surface area contributed by atoms with Crippen LogP contribution in [0.4, 0.5) is 15.8 Å². The maximum absolute atomic E-state index is 13.2. The van der Waals surface area contributed by atoms with E-state index >= 15 is 0 Å². The molecule has 2 N–H and O–H groups in total. The lowest BCUT2D eigenvalue weighted by Gasteiger charge is -2.04. The standard InChI is InChI=1S/C11H8FN3O4S/c12-6-1-7(3-8(2-6)15(18)19)13-4-10-14-9(5-20-10)11(16)17/h1-3,5,13H,4H2,(H,16,17). The molecule has 0 saturated heterocycles. The van der Waals surface area contributed by atoms with Crippen molar-refractivity contribution in [2.45, 2.75) is 6.54 Å². The molecule has 7 nitrogen and oxygen atoms in total. The largest absolute Gasteiger partial charge is 0.476 e. The number of carboxylic acid groups (broad SMARTS) is 1. The average Bonchev–Trinajstić information content (AvgIpc) is 2.84. The van der Waals surface area contributed by atoms with Crippen LogP contribution in [0, 0.1) is 15.9 Å². The van der Waals surface area contributed by atoms with Crippen molar-refractivity contribution in [3.8, 4) is 0 Å². The van der Waals surface area contributed by atoms with Crippen LogP contribution in [-0.2, 0) is 6.54 Å². The van der Waals surface area contributed by atoms with Crippen LogP contribution in [0.25, 0.3) is 0 Å². The third-order valence-corrected chi connectivity index (χ3v) is 3.16. The molecule has 9 heteroatoms. The number of thiazole rings is 1. The van der Waals surface area contributed by atoms with Gasteiger partial charge < -0.3 is 10.4 Å². The summed E-state index contributed by atoms with van der Waals surface area (Å²) >= 11 is 1.13. The summed E-state index contributed by atoms with van der Waals surface area (Å²) in [5.41, 5.74) is -0.210. The van der Waals surface area contributed by atoms with Crippen molar-refractivity contribution in [3.63, 3.8) is 0 Å². The van der Waals surface area contributed by atoms with Crippen LogP contribution in [0.2, 0.25) is 0 Å². The number of aromatic nitrogens is 1. The minimum atomic E-state index is -1.13. The van der Waals surface area contributed by atoms with Gasteiger partial charge in [0, 0.05) is 17.1 Å². The summed E-state index contributed by atoms with van der Waals surface area (Å²) in [4.78, 5) is 24.4. The van der Waals surface area contributed by atoms with Gasteiger partial charge in [-0.15, -0.1) is 11.3 Å². The Morgan fingerprint density at radius 1 is 1.50 bits per heavy atom. The molecule has 2 rings (SSSR count). The Kier molecular flexibility index (Phi) is 3.89. The maximum atomic E-state index is 13.2. The quantitative estimate of drug-likeness (QED) is 0.649. The molecule has 0 atom stereocenters. The predicted octanol–water partition coefficient (Wildman–Crippen LogP) is 2.50. The van der Waals surface area contributed by atoms with E-state index in [0.717, 1.165) is 23.5 Å². The Bertz CT molecular complexity index is 673. The van der Waals surface area contributed by atoms with Gasteiger partial charge in [0.2, 0.25) is 0 Å². The molecule has 0 spiro atoms. The van der Waals surface area contributed by atoms with Gasteiger partial charge in [-0.25, -0.2) is 14.2 Å². The number of nitrogens with zero attached hydrogens (tertiary/aromatic N) is 2. The van der Waals surface area contributed by atoms with E-state index in [1.165, 1.54) is 11.4 Å². The minimum Gasteiger partial charge on any atom is -0.476 e. The fourth-order valence-corrected chi connectivity index (χ4v) is 2.16. The van der Waals surface area contributed by atoms with E-state index in [1.807, 2.05) is 0 Å². The van der Waals surface area contributed by atoms with E-state index in [0.29, 0.717) is 5.01 Å². The molecule has 20 heavy (non-hydrogen) atoms. The molecular weight excluding hydrogens is 289 g/mol. The highest BCUT2D eigenvalue weighted by Crippen LogP contribution is 2.21. The Hall–Kier alpha value is -2.55. The second kappa shape index (κ2) is 5.61. The fourth-order valence-electron chi connectivity index (χ4n) is 1.45. The molecule has 0 unspecified atom stereocenters. The zero-order valence-corrected chi connectivity index (χ0v) is 10.7. The lowest BCUT2D eigenvalue weighted by Crippen LogP contribution is -2.02. The maximum Gasteiger partial charge on any atom is 0.355 e. The van der Waals surface area contributed by atoms with Gasteiger partial charge in [-0.3, -0.25) is 10.1 Å². The van der Waals surface area contributed by atoms with E-state index in [2.05, 4.69) is 10.3 Å². The highest BCUT2D eigenvalue weighted by atomic mass is 32.1. The zero-order valence-electron chi connectivity index (χ0n) is 9.87. The van der Waals surface area contributed by atoms with Gasteiger partial charge in [0.25, 0.3) is 5.69 Å². The summed E-state index contributed by atoms with van der Waals surface area (Å²) in [6.45, 7) is 0.151. The van der Waals surface area contributed by atoms with E-state index in [1.54, 1.807) is 0 Å². The average molecular weight is 297 g/mol. The Labute approximate surface area is 115 Å². The van der Waals surface area contributed by atoms with Crippen molar-refractivity contribution in [2.24, 2.45) is 0 Å². The molecule has 0 aliphatic rings. The number of rotatable bonds is 5. The van der Waals surface area contributed by atoms with Crippen molar-refractivity contribution < 1.29 is 19.2 Å². The lowest BCUT2D eigenvalue weighted by molar-refractivity contribution is -0.385. The second-order valence-corrected chi connectivity index (χ2v) is 4.68. The number of nitrogens with one attached hydrogen (secondary N) is 1. The molecule has 1 heterocycles. The molecule has 0 amide bonds. The van der Waals surface area contributed by atoms with E-state index in [-0.39, 0.29) is 23.6 Å². The first-order chi connectivity index (χ1) is 9.45. The van der Waals surface area contributed by atoms with Crippen LogP contribution >= 0.6 is 11.3 Å². The molecule has 1 aromatic heterocycles. The third-order valence-electron chi connectivity index (χ3n) is 2.31. The highest BCUT2D eigenvalue weighted by Gasteiger charge is 2.11. The molecule has 104 valence electrons. The third kappa shape index (κ3) is 3.26. The van der Waals surface area contributed by atoms with Crippen LogP contribution < -0.4 is 5.32 Å². The number of halogens is 1. The summed E-state index contributed by atoms with van der Waals surface area (Å²) in [6, 6.07) is 3.12. The van der Waals surface area contributed by atoms with Crippen molar-refractivity contribution in [1.82, 2.24) is 4.98 Å². The van der Waals surface area contributed by atoms with Gasteiger partial charge >= 0.3 is 5.97 Å². The molecule has 0 radical (unpaired) electrons. The summed E-state index contributed by atoms with van der Waals surface area (Å²) in [6.07, 6.45) is 0. The molecule has 0 aliphatic heterocycles. The number of carbonyl (C=O) groups is 1. The monoisotopic (exact) mass is 297 g/mol. The number of carboxylic acids is 1. The highest BCUT2D eigenvalue weighted by molar-refractivity contribution is 7.09. The topological polar surface area (TPSA) is 105 Å². The molecule has 0 fully saturated rings. The molecule has 0 saturated carbocycles. The number of hydrogen-bond acceptors (Lipinski definition) is 6. The number of anilines is 1. The van der Waals surface area contributed by atoms with Crippen LogP contribution in [-0.4, -0.2) is 21.0 Å². The van der Waals surface area contributed by atoms with Crippen LogP contribution in [0.5, 0.6) is 0 Å². The summed E-state index contributed by atoms with van der Waals surface area (Å²) in [7, 11) is 0. The number of nitro groups is 1. The van der Waals surface area contributed by atoms with Gasteiger partial charge in [0.05, 0.1) is 17.5 Å². The smallest absolute Gasteiger partial charge is 0.355 e. The normalized spacial score (nSPS) is 10.2. The van der Waals surface area contributed by atoms with Gasteiger partial charge in [-0.05, 0) is 6.07 Å². The Balaban J connectivity index is 2.10. The number of benzene rings is 1.